The number of benzene rings is 3. The highest BCUT2D eigenvalue weighted by Crippen LogP contribution is 2.29. The lowest BCUT2D eigenvalue weighted by Crippen LogP contribution is -2.23. The Morgan fingerprint density at radius 1 is 1.06 bits per heavy atom. The number of hydrogen-bond acceptors (Lipinski definition) is 6. The van der Waals surface area contributed by atoms with E-state index in [0.29, 0.717) is 46.0 Å². The van der Waals surface area contributed by atoms with Crippen LogP contribution < -0.4 is 15.0 Å². The highest BCUT2D eigenvalue weighted by molar-refractivity contribution is 5.91. The van der Waals surface area contributed by atoms with Gasteiger partial charge in [-0.3, -0.25) is 4.79 Å². The van der Waals surface area contributed by atoms with Crippen LogP contribution in [-0.2, 0) is 0 Å². The molecule has 178 valence electrons. The molecule has 7 nitrogen and oxygen atoms in total. The molecule has 0 aliphatic heterocycles. The fourth-order valence-electron chi connectivity index (χ4n) is 3.56. The van der Waals surface area contributed by atoms with E-state index in [9.17, 15) is 9.59 Å². The number of rotatable bonds is 7. The number of carbonyl (C=O) groups excluding carboxylic acids is 1. The van der Waals surface area contributed by atoms with Gasteiger partial charge < -0.3 is 9.47 Å². The SMILES string of the molecule is CCOc1cc(C=Nn2c(C(C)C)nc3ccccc3c2=O)ccc1OC(=O)c1ccc(C)cc1. The molecule has 4 rings (SSSR count). The summed E-state index contributed by atoms with van der Waals surface area (Å²) in [7, 11) is 0. The second-order valence-corrected chi connectivity index (χ2v) is 8.40. The van der Waals surface area contributed by atoms with Crippen LogP contribution in [0.25, 0.3) is 10.9 Å². The molecular weight excluding hydrogens is 442 g/mol. The summed E-state index contributed by atoms with van der Waals surface area (Å²) in [6.07, 6.45) is 1.57. The minimum atomic E-state index is -0.470. The number of aromatic nitrogens is 2. The minimum Gasteiger partial charge on any atom is -0.490 e. The molecule has 0 radical (unpaired) electrons. The summed E-state index contributed by atoms with van der Waals surface area (Å²) < 4.78 is 12.6. The van der Waals surface area contributed by atoms with Gasteiger partial charge in [0, 0.05) is 5.92 Å². The first-order valence-corrected chi connectivity index (χ1v) is 11.5. The normalized spacial score (nSPS) is 11.3. The Kier molecular flexibility index (Phi) is 7.06. The number of para-hydroxylation sites is 1. The zero-order valence-electron chi connectivity index (χ0n) is 20.2. The largest absolute Gasteiger partial charge is 0.490 e. The van der Waals surface area contributed by atoms with Crippen LogP contribution in [0.4, 0.5) is 0 Å². The molecule has 1 aromatic heterocycles. The van der Waals surface area contributed by atoms with Gasteiger partial charge in [-0.2, -0.15) is 9.78 Å². The van der Waals surface area contributed by atoms with Crippen LogP contribution in [0.3, 0.4) is 0 Å². The van der Waals surface area contributed by atoms with Crippen molar-refractivity contribution in [3.05, 3.63) is 99.6 Å². The second-order valence-electron chi connectivity index (χ2n) is 8.40. The lowest BCUT2D eigenvalue weighted by Gasteiger charge is -2.13. The van der Waals surface area contributed by atoms with E-state index in [1.807, 2.05) is 52.0 Å². The van der Waals surface area contributed by atoms with Crippen LogP contribution in [0.5, 0.6) is 11.5 Å². The van der Waals surface area contributed by atoms with Crippen LogP contribution >= 0.6 is 0 Å². The molecule has 0 bridgehead atoms. The first-order chi connectivity index (χ1) is 16.9. The van der Waals surface area contributed by atoms with Gasteiger partial charge in [-0.1, -0.05) is 43.7 Å². The number of aryl methyl sites for hydroxylation is 1. The number of nitrogens with zero attached hydrogens (tertiary/aromatic N) is 3. The lowest BCUT2D eigenvalue weighted by molar-refractivity contribution is 0.0728. The molecule has 0 spiro atoms. The van der Waals surface area contributed by atoms with Crippen molar-refractivity contribution in [2.45, 2.75) is 33.6 Å². The topological polar surface area (TPSA) is 82.8 Å². The molecule has 0 fully saturated rings. The molecule has 0 N–H and O–H groups in total. The Balaban J connectivity index is 1.66. The summed E-state index contributed by atoms with van der Waals surface area (Å²) in [4.78, 5) is 30.3. The number of fused-ring (bicyclic) bond motifs is 1. The van der Waals surface area contributed by atoms with E-state index in [4.69, 9.17) is 9.47 Å². The van der Waals surface area contributed by atoms with Crippen molar-refractivity contribution in [3.63, 3.8) is 0 Å². The number of ether oxygens (including phenoxy) is 2. The molecule has 1 heterocycles. The van der Waals surface area contributed by atoms with Crippen molar-refractivity contribution in [3.8, 4) is 11.5 Å². The van der Waals surface area contributed by atoms with Gasteiger partial charge in [-0.05, 0) is 61.9 Å². The van der Waals surface area contributed by atoms with Crippen molar-refractivity contribution >= 4 is 23.1 Å². The molecule has 0 saturated heterocycles. The van der Waals surface area contributed by atoms with Crippen molar-refractivity contribution in [2.24, 2.45) is 5.10 Å². The Hall–Kier alpha value is -4.26. The highest BCUT2D eigenvalue weighted by Gasteiger charge is 2.15. The van der Waals surface area contributed by atoms with Gasteiger partial charge in [0.15, 0.2) is 11.5 Å². The van der Waals surface area contributed by atoms with Gasteiger partial charge in [0.1, 0.15) is 5.82 Å². The molecule has 0 amide bonds. The van der Waals surface area contributed by atoms with Gasteiger partial charge in [0.2, 0.25) is 0 Å². The van der Waals surface area contributed by atoms with E-state index in [1.54, 1.807) is 48.7 Å². The number of esters is 1. The van der Waals surface area contributed by atoms with Crippen LogP contribution in [-0.4, -0.2) is 28.5 Å². The third kappa shape index (κ3) is 5.30. The summed E-state index contributed by atoms with van der Waals surface area (Å²) in [5.74, 6) is 0.806. The van der Waals surface area contributed by atoms with Gasteiger partial charge in [-0.15, -0.1) is 0 Å². The van der Waals surface area contributed by atoms with E-state index >= 15 is 0 Å². The lowest BCUT2D eigenvalue weighted by atomic mass is 10.1. The van der Waals surface area contributed by atoms with Crippen LogP contribution in [0.1, 0.15) is 54.0 Å². The molecule has 0 aliphatic rings. The molecule has 0 saturated carbocycles. The maximum Gasteiger partial charge on any atom is 0.343 e. The smallest absolute Gasteiger partial charge is 0.343 e. The molecule has 0 aliphatic carbocycles. The molecular formula is C28H27N3O4. The first kappa shape index (κ1) is 23.9. The Morgan fingerprint density at radius 3 is 2.51 bits per heavy atom. The van der Waals surface area contributed by atoms with E-state index in [1.165, 1.54) is 4.68 Å². The predicted molar refractivity (Wildman–Crippen MR) is 137 cm³/mol. The summed E-state index contributed by atoms with van der Waals surface area (Å²) in [5, 5.41) is 4.95. The van der Waals surface area contributed by atoms with Crippen LogP contribution in [0, 0.1) is 6.92 Å². The summed E-state index contributed by atoms with van der Waals surface area (Å²) >= 11 is 0. The van der Waals surface area contributed by atoms with Gasteiger partial charge in [-0.25, -0.2) is 9.78 Å². The summed E-state index contributed by atoms with van der Waals surface area (Å²) in [6, 6.07) is 19.5. The fraction of sp³-hybridized carbons (Fsp3) is 0.214. The third-order valence-corrected chi connectivity index (χ3v) is 5.38. The van der Waals surface area contributed by atoms with Crippen LogP contribution in [0.15, 0.2) is 76.6 Å². The predicted octanol–water partition coefficient (Wildman–Crippen LogP) is 5.33. The number of hydrogen-bond donors (Lipinski definition) is 0. The molecule has 7 heteroatoms. The van der Waals surface area contributed by atoms with Crippen molar-refractivity contribution in [2.75, 3.05) is 6.61 Å². The van der Waals surface area contributed by atoms with Gasteiger partial charge >= 0.3 is 5.97 Å². The molecule has 3 aromatic carbocycles. The average molecular weight is 470 g/mol. The van der Waals surface area contributed by atoms with E-state index in [0.717, 1.165) is 5.56 Å². The maximum absolute atomic E-state index is 13.1. The van der Waals surface area contributed by atoms with E-state index in [2.05, 4.69) is 10.1 Å². The number of carbonyl (C=O) groups is 1. The first-order valence-electron chi connectivity index (χ1n) is 11.5. The van der Waals surface area contributed by atoms with Gasteiger partial charge in [0.05, 0.1) is 29.3 Å². The van der Waals surface area contributed by atoms with Crippen molar-refractivity contribution in [1.82, 2.24) is 9.66 Å². The molecule has 35 heavy (non-hydrogen) atoms. The van der Waals surface area contributed by atoms with Gasteiger partial charge in [0.25, 0.3) is 5.56 Å². The molecule has 0 unspecified atom stereocenters. The van der Waals surface area contributed by atoms with Crippen molar-refractivity contribution < 1.29 is 14.3 Å². The fourth-order valence-corrected chi connectivity index (χ4v) is 3.56. The Morgan fingerprint density at radius 2 is 1.80 bits per heavy atom. The third-order valence-electron chi connectivity index (χ3n) is 5.38. The Bertz CT molecular complexity index is 1450. The Labute approximate surface area is 203 Å². The highest BCUT2D eigenvalue weighted by atomic mass is 16.6. The average Bonchev–Trinajstić information content (AvgIpc) is 2.85. The molecule has 4 aromatic rings. The zero-order valence-corrected chi connectivity index (χ0v) is 20.2. The monoisotopic (exact) mass is 469 g/mol. The second kappa shape index (κ2) is 10.3. The maximum atomic E-state index is 13.1. The standard InChI is InChI=1S/C28H27N3O4/c1-5-34-25-16-20(12-15-24(25)35-28(33)21-13-10-19(4)11-14-21)17-29-31-26(18(2)3)30-23-9-7-6-8-22(23)27(31)32/h6-18H,5H2,1-4H3. The van der Waals surface area contributed by atoms with Crippen LogP contribution in [0.2, 0.25) is 0 Å². The van der Waals surface area contributed by atoms with Crippen molar-refractivity contribution in [1.29, 1.82) is 0 Å². The quantitative estimate of drug-likeness (QED) is 0.208. The summed E-state index contributed by atoms with van der Waals surface area (Å²) in [6.45, 7) is 8.12. The minimum absolute atomic E-state index is 0.00740. The summed E-state index contributed by atoms with van der Waals surface area (Å²) in [5.41, 5.74) is 2.60. The van der Waals surface area contributed by atoms with E-state index in [-0.39, 0.29) is 11.5 Å². The van der Waals surface area contributed by atoms with E-state index < -0.39 is 5.97 Å². The zero-order chi connectivity index (χ0) is 24.9. The molecule has 0 atom stereocenters.